The smallest absolute Gasteiger partial charge is 0.416 e. The van der Waals surface area contributed by atoms with Crippen molar-refractivity contribution in [3.05, 3.63) is 35.9 Å². The van der Waals surface area contributed by atoms with E-state index in [0.29, 0.717) is 6.42 Å². The third-order valence-corrected chi connectivity index (χ3v) is 11.3. The van der Waals surface area contributed by atoms with Crippen LogP contribution in [0.3, 0.4) is 0 Å². The average Bonchev–Trinajstić information content (AvgIpc) is 3.04. The van der Waals surface area contributed by atoms with Crippen molar-refractivity contribution in [2.24, 2.45) is 11.8 Å². The molecule has 0 N–H and O–H groups in total. The third kappa shape index (κ3) is 5.52. The number of ether oxygens (including phenoxy) is 1. The van der Waals surface area contributed by atoms with Gasteiger partial charge in [0.05, 0.1) is 18.1 Å². The second-order valence-electron chi connectivity index (χ2n) is 10.1. The lowest BCUT2D eigenvalue weighted by molar-refractivity contribution is -0.137. The molecule has 4 atom stereocenters. The molecule has 2 amide bonds. The summed E-state index contributed by atoms with van der Waals surface area (Å²) in [6.07, 6.45) is 0.744. The number of cyclic esters (lactones) is 1. The SMILES string of the molecule is CC[C@H](C)[C@@H](O[Si](C)(C)C(C)(C)C)[C@H](C)C(=O)N1C(=O)OC[C@@H]1Cc1ccccc1. The Morgan fingerprint density at radius 2 is 1.83 bits per heavy atom. The topological polar surface area (TPSA) is 55.8 Å². The first-order chi connectivity index (χ1) is 13.9. The van der Waals surface area contributed by atoms with E-state index < -0.39 is 20.3 Å². The van der Waals surface area contributed by atoms with E-state index in [9.17, 15) is 9.59 Å². The number of nitrogens with zero attached hydrogens (tertiary/aromatic N) is 1. The molecule has 5 nitrogen and oxygen atoms in total. The van der Waals surface area contributed by atoms with Crippen LogP contribution in [0.5, 0.6) is 0 Å². The van der Waals surface area contributed by atoms with Gasteiger partial charge in [0, 0.05) is 0 Å². The van der Waals surface area contributed by atoms with E-state index >= 15 is 0 Å². The first-order valence-electron chi connectivity index (χ1n) is 11.1. The van der Waals surface area contributed by atoms with Gasteiger partial charge >= 0.3 is 6.09 Å². The van der Waals surface area contributed by atoms with Crippen LogP contribution >= 0.6 is 0 Å². The molecule has 0 saturated carbocycles. The standard InChI is InChI=1S/C24H39NO4Si/c1-9-17(2)21(29-30(7,8)24(4,5)6)18(3)22(26)25-20(16-28-23(25)27)15-19-13-11-10-12-14-19/h10-14,17-18,20-21H,9,15-16H2,1-8H3/t17-,18-,20-,21+/m0/s1. The van der Waals surface area contributed by atoms with Gasteiger partial charge in [-0.15, -0.1) is 0 Å². The van der Waals surface area contributed by atoms with Gasteiger partial charge in [0.15, 0.2) is 8.32 Å². The van der Waals surface area contributed by atoms with E-state index in [1.54, 1.807) is 0 Å². The molecular weight excluding hydrogens is 394 g/mol. The molecule has 2 rings (SSSR count). The Morgan fingerprint density at radius 3 is 2.37 bits per heavy atom. The molecule has 30 heavy (non-hydrogen) atoms. The summed E-state index contributed by atoms with van der Waals surface area (Å²) in [6, 6.07) is 9.64. The Kier molecular flexibility index (Phi) is 7.91. The molecule has 1 aliphatic heterocycles. The van der Waals surface area contributed by atoms with Gasteiger partial charge in [-0.3, -0.25) is 4.79 Å². The van der Waals surface area contributed by atoms with Crippen molar-refractivity contribution in [2.75, 3.05) is 6.61 Å². The number of carbonyl (C=O) groups excluding carboxylic acids is 2. The highest BCUT2D eigenvalue weighted by molar-refractivity contribution is 6.74. The summed E-state index contributed by atoms with van der Waals surface area (Å²) in [6.45, 7) is 17.4. The van der Waals surface area contributed by atoms with Crippen LogP contribution in [0.2, 0.25) is 18.1 Å². The second kappa shape index (κ2) is 9.65. The molecule has 1 aliphatic rings. The molecule has 0 aliphatic carbocycles. The summed E-state index contributed by atoms with van der Waals surface area (Å²) in [5.74, 6) is -0.398. The van der Waals surface area contributed by atoms with Crippen LogP contribution in [0.25, 0.3) is 0 Å². The molecule has 168 valence electrons. The van der Waals surface area contributed by atoms with Gasteiger partial charge in [-0.05, 0) is 36.0 Å². The van der Waals surface area contributed by atoms with Gasteiger partial charge in [-0.25, -0.2) is 9.69 Å². The lowest BCUT2D eigenvalue weighted by Crippen LogP contribution is -2.52. The summed E-state index contributed by atoms with van der Waals surface area (Å²) in [7, 11) is -2.08. The van der Waals surface area contributed by atoms with Crippen molar-refractivity contribution >= 4 is 20.3 Å². The van der Waals surface area contributed by atoms with E-state index in [4.69, 9.17) is 9.16 Å². The Hall–Kier alpha value is -1.66. The maximum atomic E-state index is 13.5. The summed E-state index contributed by atoms with van der Waals surface area (Å²) in [5, 5.41) is 0.0455. The quantitative estimate of drug-likeness (QED) is 0.497. The van der Waals surface area contributed by atoms with Gasteiger partial charge in [-0.2, -0.15) is 0 Å². The first-order valence-corrected chi connectivity index (χ1v) is 14.0. The molecule has 1 fully saturated rings. The minimum absolute atomic E-state index is 0.0455. The third-order valence-electron chi connectivity index (χ3n) is 6.84. The Balaban J connectivity index is 2.24. The van der Waals surface area contributed by atoms with E-state index in [1.165, 1.54) is 4.90 Å². The monoisotopic (exact) mass is 433 g/mol. The van der Waals surface area contributed by atoms with Crippen LogP contribution in [0.1, 0.15) is 53.5 Å². The number of rotatable bonds is 8. The second-order valence-corrected chi connectivity index (χ2v) is 14.9. The molecule has 6 heteroatoms. The summed E-state index contributed by atoms with van der Waals surface area (Å²) in [4.78, 5) is 27.3. The molecule has 0 radical (unpaired) electrons. The number of carbonyl (C=O) groups is 2. The van der Waals surface area contributed by atoms with Crippen LogP contribution in [-0.4, -0.2) is 44.0 Å². The van der Waals surface area contributed by atoms with Crippen molar-refractivity contribution in [3.8, 4) is 0 Å². The van der Waals surface area contributed by atoms with Crippen molar-refractivity contribution in [3.63, 3.8) is 0 Å². The fourth-order valence-corrected chi connectivity index (χ4v) is 5.06. The van der Waals surface area contributed by atoms with Gasteiger partial charge in [-0.1, -0.05) is 78.3 Å². The van der Waals surface area contributed by atoms with Crippen LogP contribution in [-0.2, 0) is 20.4 Å². The Labute approximate surface area is 183 Å². The summed E-state index contributed by atoms with van der Waals surface area (Å²) in [5.41, 5.74) is 1.09. The van der Waals surface area contributed by atoms with E-state index in [0.717, 1.165) is 12.0 Å². The van der Waals surface area contributed by atoms with Crippen LogP contribution in [0.4, 0.5) is 4.79 Å². The van der Waals surface area contributed by atoms with Crippen molar-refractivity contribution < 1.29 is 18.8 Å². The van der Waals surface area contributed by atoms with Crippen molar-refractivity contribution in [1.82, 2.24) is 4.90 Å². The fraction of sp³-hybridized carbons (Fsp3) is 0.667. The molecule has 0 aromatic heterocycles. The molecule has 0 bridgehead atoms. The van der Waals surface area contributed by atoms with Gasteiger partial charge in [0.2, 0.25) is 5.91 Å². The molecule has 0 spiro atoms. The van der Waals surface area contributed by atoms with Crippen molar-refractivity contribution in [2.45, 2.75) is 84.7 Å². The summed E-state index contributed by atoms with van der Waals surface area (Å²) < 4.78 is 12.0. The van der Waals surface area contributed by atoms with E-state index in [-0.39, 0.29) is 35.6 Å². The zero-order valence-electron chi connectivity index (χ0n) is 19.9. The number of amides is 2. The van der Waals surface area contributed by atoms with Crippen LogP contribution in [0, 0.1) is 11.8 Å². The van der Waals surface area contributed by atoms with E-state index in [2.05, 4.69) is 47.7 Å². The molecule has 1 heterocycles. The fourth-order valence-electron chi connectivity index (χ4n) is 3.59. The highest BCUT2D eigenvalue weighted by Gasteiger charge is 2.46. The Bertz CT molecular complexity index is 728. The molecule has 1 saturated heterocycles. The average molecular weight is 434 g/mol. The number of hydrogen-bond donors (Lipinski definition) is 0. The van der Waals surface area contributed by atoms with Crippen LogP contribution < -0.4 is 0 Å². The van der Waals surface area contributed by atoms with Gasteiger partial charge < -0.3 is 9.16 Å². The maximum Gasteiger partial charge on any atom is 0.416 e. The molecular formula is C24H39NO4Si. The predicted octanol–water partition coefficient (Wildman–Crippen LogP) is 5.65. The van der Waals surface area contributed by atoms with Crippen molar-refractivity contribution in [1.29, 1.82) is 0 Å². The first kappa shape index (κ1) is 24.6. The highest BCUT2D eigenvalue weighted by Crippen LogP contribution is 2.40. The minimum Gasteiger partial charge on any atom is -0.447 e. The Morgan fingerprint density at radius 1 is 1.23 bits per heavy atom. The maximum absolute atomic E-state index is 13.5. The zero-order valence-corrected chi connectivity index (χ0v) is 20.9. The van der Waals surface area contributed by atoms with E-state index in [1.807, 2.05) is 37.3 Å². The normalized spacial score (nSPS) is 20.6. The number of benzene rings is 1. The molecule has 1 aromatic carbocycles. The predicted molar refractivity (Wildman–Crippen MR) is 123 cm³/mol. The molecule has 0 unspecified atom stereocenters. The van der Waals surface area contributed by atoms with Gasteiger partial charge in [0.25, 0.3) is 0 Å². The molecule has 1 aromatic rings. The lowest BCUT2D eigenvalue weighted by Gasteiger charge is -2.43. The number of hydrogen-bond acceptors (Lipinski definition) is 4. The lowest BCUT2D eigenvalue weighted by atomic mass is 9.90. The zero-order chi connectivity index (χ0) is 22.7. The largest absolute Gasteiger partial charge is 0.447 e. The highest BCUT2D eigenvalue weighted by atomic mass is 28.4. The van der Waals surface area contributed by atoms with Crippen LogP contribution in [0.15, 0.2) is 30.3 Å². The minimum atomic E-state index is -2.08. The summed E-state index contributed by atoms with van der Waals surface area (Å²) >= 11 is 0. The van der Waals surface area contributed by atoms with Gasteiger partial charge in [0.1, 0.15) is 6.61 Å². The number of imide groups is 1.